The maximum absolute atomic E-state index is 11.9. The number of carbonyl (C=O) groups excluding carboxylic acids is 2. The Morgan fingerprint density at radius 3 is 2.32 bits per heavy atom. The van der Waals surface area contributed by atoms with E-state index in [1.54, 1.807) is 6.08 Å². The summed E-state index contributed by atoms with van der Waals surface area (Å²) in [5.74, 6) is 3.01. The minimum absolute atomic E-state index is 0.286. The quantitative estimate of drug-likeness (QED) is 0.437. The highest BCUT2D eigenvalue weighted by Gasteiger charge is 2.51. The Bertz CT molecular complexity index is 1350. The Labute approximate surface area is 202 Å². The molecule has 1 N–H and O–H groups in total. The van der Waals surface area contributed by atoms with Gasteiger partial charge < -0.3 is 4.42 Å². The highest BCUT2D eigenvalue weighted by Crippen LogP contribution is 2.61. The number of nitrogens with one attached hydrogen (secondary N) is 1. The van der Waals surface area contributed by atoms with Gasteiger partial charge in [-0.15, -0.1) is 0 Å². The van der Waals surface area contributed by atoms with Crippen molar-refractivity contribution in [2.45, 2.75) is 50.9 Å². The first-order chi connectivity index (χ1) is 16.4. The summed E-state index contributed by atoms with van der Waals surface area (Å²) in [5.41, 5.74) is 6.57. The van der Waals surface area contributed by atoms with Gasteiger partial charge in [-0.05, 0) is 108 Å². The van der Waals surface area contributed by atoms with Gasteiger partial charge in [0.15, 0.2) is 11.5 Å². The lowest BCUT2D eigenvalue weighted by atomic mass is 9.48. The summed E-state index contributed by atoms with van der Waals surface area (Å²) < 4.78 is 6.07. The van der Waals surface area contributed by atoms with Crippen LogP contribution in [0.3, 0.4) is 0 Å². The predicted molar refractivity (Wildman–Crippen MR) is 133 cm³/mol. The maximum Gasteiger partial charge on any atom is 0.290 e. The fourth-order valence-electron chi connectivity index (χ4n) is 7.46. The van der Waals surface area contributed by atoms with Crippen molar-refractivity contribution >= 4 is 40.1 Å². The lowest BCUT2D eigenvalue weighted by Gasteiger charge is -2.57. The SMILES string of the molecule is Cc1nc2cc(C34CC5CC(CC(C5)C3)C4)cc(-c3ccc(C=C4SC(=O)NC4=O)cc3)c2o1. The molecule has 2 heterocycles. The van der Waals surface area contributed by atoms with E-state index in [0.29, 0.717) is 10.8 Å². The molecule has 4 bridgehead atoms. The normalized spacial score (nSPS) is 31.1. The fourth-order valence-corrected chi connectivity index (χ4v) is 8.14. The number of benzene rings is 2. The van der Waals surface area contributed by atoms with Crippen LogP contribution in [0.4, 0.5) is 4.79 Å². The van der Waals surface area contributed by atoms with Gasteiger partial charge in [-0.1, -0.05) is 24.3 Å². The van der Waals surface area contributed by atoms with Crippen LogP contribution in [0.1, 0.15) is 55.5 Å². The summed E-state index contributed by atoms with van der Waals surface area (Å²) in [6, 6.07) is 12.8. The van der Waals surface area contributed by atoms with Crippen molar-refractivity contribution in [2.75, 3.05) is 0 Å². The summed E-state index contributed by atoms with van der Waals surface area (Å²) in [6.45, 7) is 1.91. The molecule has 6 heteroatoms. The van der Waals surface area contributed by atoms with Crippen LogP contribution in [0.5, 0.6) is 0 Å². The third kappa shape index (κ3) is 3.26. The van der Waals surface area contributed by atoms with Crippen LogP contribution in [0, 0.1) is 24.7 Å². The fraction of sp³-hybridized carbons (Fsp3) is 0.393. The molecule has 5 nitrogen and oxygen atoms in total. The molecule has 4 aliphatic carbocycles. The van der Waals surface area contributed by atoms with Gasteiger partial charge in [0, 0.05) is 12.5 Å². The van der Waals surface area contributed by atoms with Gasteiger partial charge in [-0.25, -0.2) is 4.98 Å². The van der Waals surface area contributed by atoms with Crippen LogP contribution in [0.2, 0.25) is 0 Å². The van der Waals surface area contributed by atoms with Crippen molar-refractivity contribution < 1.29 is 14.0 Å². The highest BCUT2D eigenvalue weighted by molar-refractivity contribution is 8.18. The maximum atomic E-state index is 11.9. The minimum atomic E-state index is -0.332. The molecule has 2 aromatic carbocycles. The number of rotatable bonds is 3. The highest BCUT2D eigenvalue weighted by atomic mass is 32.2. The molecule has 0 spiro atoms. The molecular formula is C28H26N2O3S. The summed E-state index contributed by atoms with van der Waals surface area (Å²) in [4.78, 5) is 28.5. The van der Waals surface area contributed by atoms with Crippen molar-refractivity contribution in [2.24, 2.45) is 17.8 Å². The Kier molecular flexibility index (Phi) is 4.41. The number of nitrogens with zero attached hydrogens (tertiary/aromatic N) is 1. The lowest BCUT2D eigenvalue weighted by Crippen LogP contribution is -2.48. The first-order valence-electron chi connectivity index (χ1n) is 12.2. The first kappa shape index (κ1) is 20.5. The molecule has 3 aromatic rings. The zero-order valence-electron chi connectivity index (χ0n) is 19.1. The molecule has 1 aromatic heterocycles. The number of oxazole rings is 1. The van der Waals surface area contributed by atoms with Crippen LogP contribution in [-0.2, 0) is 10.2 Å². The monoisotopic (exact) mass is 470 g/mol. The van der Waals surface area contributed by atoms with Gasteiger partial charge in [0.1, 0.15) is 5.52 Å². The Balaban J connectivity index is 1.30. The molecule has 0 radical (unpaired) electrons. The molecule has 5 fully saturated rings. The van der Waals surface area contributed by atoms with Crippen LogP contribution >= 0.6 is 11.8 Å². The summed E-state index contributed by atoms with van der Waals surface area (Å²) in [6.07, 6.45) is 9.97. The molecule has 2 amide bonds. The van der Waals surface area contributed by atoms with Gasteiger partial charge in [0.2, 0.25) is 0 Å². The predicted octanol–water partition coefficient (Wildman–Crippen LogP) is 6.59. The molecule has 172 valence electrons. The van der Waals surface area contributed by atoms with Crippen molar-refractivity contribution in [3.8, 4) is 11.1 Å². The third-order valence-electron chi connectivity index (χ3n) is 8.41. The van der Waals surface area contributed by atoms with E-state index in [-0.39, 0.29) is 16.6 Å². The second-order valence-corrected chi connectivity index (χ2v) is 11.8. The molecule has 5 aliphatic rings. The van der Waals surface area contributed by atoms with Crippen LogP contribution in [0.25, 0.3) is 28.3 Å². The van der Waals surface area contributed by atoms with Crippen molar-refractivity contribution in [3.63, 3.8) is 0 Å². The molecule has 34 heavy (non-hydrogen) atoms. The van der Waals surface area contributed by atoms with Crippen molar-refractivity contribution in [1.29, 1.82) is 0 Å². The Morgan fingerprint density at radius 1 is 1.03 bits per heavy atom. The molecule has 1 saturated heterocycles. The molecule has 8 rings (SSSR count). The largest absolute Gasteiger partial charge is 0.440 e. The van der Waals surface area contributed by atoms with Crippen LogP contribution < -0.4 is 5.32 Å². The number of thioether (sulfide) groups is 1. The zero-order valence-corrected chi connectivity index (χ0v) is 19.9. The molecular weight excluding hydrogens is 444 g/mol. The molecule has 4 saturated carbocycles. The molecule has 1 aliphatic heterocycles. The van der Waals surface area contributed by atoms with E-state index in [1.807, 2.05) is 19.1 Å². The molecule has 0 unspecified atom stereocenters. The van der Waals surface area contributed by atoms with E-state index in [4.69, 9.17) is 9.40 Å². The summed E-state index contributed by atoms with van der Waals surface area (Å²) >= 11 is 0.941. The van der Waals surface area contributed by atoms with Gasteiger partial charge in [0.25, 0.3) is 11.1 Å². The average Bonchev–Trinajstić information content (AvgIpc) is 3.32. The van der Waals surface area contributed by atoms with E-state index in [1.165, 1.54) is 44.1 Å². The first-order valence-corrected chi connectivity index (χ1v) is 13.0. The number of aryl methyl sites for hydroxylation is 1. The van der Waals surface area contributed by atoms with Gasteiger partial charge in [-0.2, -0.15) is 0 Å². The number of hydrogen-bond acceptors (Lipinski definition) is 5. The Hall–Kier alpha value is -2.86. The van der Waals surface area contributed by atoms with Crippen molar-refractivity contribution in [3.05, 3.63) is 58.3 Å². The van der Waals surface area contributed by atoms with Gasteiger partial charge in [-0.3, -0.25) is 14.9 Å². The summed E-state index contributed by atoms with van der Waals surface area (Å²) in [5, 5.41) is 1.98. The number of aromatic nitrogens is 1. The van der Waals surface area contributed by atoms with Gasteiger partial charge in [0.05, 0.1) is 4.91 Å². The van der Waals surface area contributed by atoms with E-state index in [2.05, 4.69) is 29.6 Å². The van der Waals surface area contributed by atoms with Gasteiger partial charge >= 0.3 is 0 Å². The number of fused-ring (bicyclic) bond motifs is 1. The number of hydrogen-bond donors (Lipinski definition) is 1. The Morgan fingerprint density at radius 2 is 1.71 bits per heavy atom. The van der Waals surface area contributed by atoms with Crippen molar-refractivity contribution in [1.82, 2.24) is 10.3 Å². The van der Waals surface area contributed by atoms with E-state index < -0.39 is 0 Å². The second-order valence-electron chi connectivity index (χ2n) is 10.8. The van der Waals surface area contributed by atoms with E-state index >= 15 is 0 Å². The summed E-state index contributed by atoms with van der Waals surface area (Å²) in [7, 11) is 0. The standard InChI is InChI=1S/C28H26N2O3S/c1-15-29-23-11-21(28-12-17-6-18(13-28)8-19(7-17)14-28)10-22(25(23)33-15)20-4-2-16(3-5-20)9-24-26(31)30-27(32)34-24/h2-5,9-11,17-19H,6-8,12-14H2,1H3,(H,30,31,32). The van der Waals surface area contributed by atoms with Crippen LogP contribution in [-0.4, -0.2) is 16.1 Å². The van der Waals surface area contributed by atoms with E-state index in [0.717, 1.165) is 57.3 Å². The average molecular weight is 471 g/mol. The van der Waals surface area contributed by atoms with E-state index in [9.17, 15) is 9.59 Å². The number of imide groups is 1. The minimum Gasteiger partial charge on any atom is -0.440 e. The molecule has 0 atom stereocenters. The topological polar surface area (TPSA) is 72.2 Å². The second kappa shape index (κ2) is 7.32. The number of amides is 2. The number of carbonyl (C=O) groups is 2. The van der Waals surface area contributed by atoms with Crippen LogP contribution in [0.15, 0.2) is 45.7 Å². The third-order valence-corrected chi connectivity index (χ3v) is 9.22. The lowest BCUT2D eigenvalue weighted by molar-refractivity contribution is -0.115. The zero-order chi connectivity index (χ0) is 23.0. The smallest absolute Gasteiger partial charge is 0.290 e.